The van der Waals surface area contributed by atoms with Crippen molar-refractivity contribution >= 4 is 34.4 Å². The molecule has 8 nitrogen and oxygen atoms in total. The largest absolute Gasteiger partial charge is 0.481 e. The van der Waals surface area contributed by atoms with Crippen LogP contribution in [0.15, 0.2) is 6.20 Å². The molecule has 114 valence electrons. The van der Waals surface area contributed by atoms with E-state index in [-0.39, 0.29) is 12.8 Å². The first-order chi connectivity index (χ1) is 9.99. The number of imide groups is 1. The Morgan fingerprint density at radius 2 is 2.00 bits per heavy atom. The fourth-order valence-electron chi connectivity index (χ4n) is 2.74. The van der Waals surface area contributed by atoms with Crippen LogP contribution in [-0.2, 0) is 9.59 Å². The lowest BCUT2D eigenvalue weighted by atomic mass is 9.79. The SMILES string of the molecule is O=C(O)CC1(CC(=O)NC(=O)Nc2cnns2)CCCC1. The second kappa shape index (κ2) is 6.61. The zero-order valence-electron chi connectivity index (χ0n) is 11.3. The molecule has 1 aromatic rings. The molecule has 1 heterocycles. The molecule has 0 spiro atoms. The van der Waals surface area contributed by atoms with Crippen LogP contribution >= 0.6 is 11.5 Å². The van der Waals surface area contributed by atoms with Crippen LogP contribution < -0.4 is 10.6 Å². The fraction of sp³-hybridized carbons (Fsp3) is 0.583. The number of urea groups is 1. The van der Waals surface area contributed by atoms with Gasteiger partial charge in [-0.25, -0.2) is 4.79 Å². The van der Waals surface area contributed by atoms with Gasteiger partial charge in [0.05, 0.1) is 12.6 Å². The van der Waals surface area contributed by atoms with Gasteiger partial charge in [-0.3, -0.25) is 20.2 Å². The molecular formula is C12H16N4O4S. The predicted octanol–water partition coefficient (Wildman–Crippen LogP) is 1.61. The highest BCUT2D eigenvalue weighted by molar-refractivity contribution is 7.10. The van der Waals surface area contributed by atoms with E-state index in [2.05, 4.69) is 20.2 Å². The molecule has 21 heavy (non-hydrogen) atoms. The molecule has 0 atom stereocenters. The number of carbonyl (C=O) groups is 3. The van der Waals surface area contributed by atoms with E-state index in [0.29, 0.717) is 17.8 Å². The summed E-state index contributed by atoms with van der Waals surface area (Å²) in [4.78, 5) is 34.5. The highest BCUT2D eigenvalue weighted by Crippen LogP contribution is 2.43. The molecule has 1 aliphatic carbocycles. The fourth-order valence-corrected chi connectivity index (χ4v) is 3.15. The lowest BCUT2D eigenvalue weighted by molar-refractivity contribution is -0.140. The highest BCUT2D eigenvalue weighted by atomic mass is 32.1. The highest BCUT2D eigenvalue weighted by Gasteiger charge is 2.38. The molecule has 1 aliphatic rings. The zero-order chi connectivity index (χ0) is 15.3. The maximum absolute atomic E-state index is 11.9. The van der Waals surface area contributed by atoms with Crippen LogP contribution in [0, 0.1) is 5.41 Å². The molecule has 3 N–H and O–H groups in total. The van der Waals surface area contributed by atoms with Crippen molar-refractivity contribution in [3.8, 4) is 0 Å². The summed E-state index contributed by atoms with van der Waals surface area (Å²) in [5.41, 5.74) is -0.526. The van der Waals surface area contributed by atoms with Crippen LogP contribution in [0.5, 0.6) is 0 Å². The number of rotatable bonds is 5. The normalized spacial score (nSPS) is 16.4. The second-order valence-corrected chi connectivity index (χ2v) is 6.02. The van der Waals surface area contributed by atoms with Crippen molar-refractivity contribution in [3.63, 3.8) is 0 Å². The molecule has 0 bridgehead atoms. The number of hydrogen-bond acceptors (Lipinski definition) is 6. The summed E-state index contributed by atoms with van der Waals surface area (Å²) in [5.74, 6) is -1.38. The number of nitrogens with zero attached hydrogens (tertiary/aromatic N) is 2. The Morgan fingerprint density at radius 3 is 2.57 bits per heavy atom. The average molecular weight is 312 g/mol. The summed E-state index contributed by atoms with van der Waals surface area (Å²) < 4.78 is 3.58. The van der Waals surface area contributed by atoms with E-state index in [4.69, 9.17) is 5.11 Å². The lowest BCUT2D eigenvalue weighted by Crippen LogP contribution is -2.37. The number of carbonyl (C=O) groups excluding carboxylic acids is 2. The summed E-state index contributed by atoms with van der Waals surface area (Å²) in [6, 6.07) is -0.658. The molecule has 0 aromatic carbocycles. The van der Waals surface area contributed by atoms with Crippen molar-refractivity contribution < 1.29 is 19.5 Å². The van der Waals surface area contributed by atoms with Gasteiger partial charge in [-0.05, 0) is 18.3 Å². The first-order valence-electron chi connectivity index (χ1n) is 6.59. The summed E-state index contributed by atoms with van der Waals surface area (Å²) in [6.45, 7) is 0. The molecule has 9 heteroatoms. The minimum absolute atomic E-state index is 0.0409. The Kier molecular flexibility index (Phi) is 4.84. The summed E-state index contributed by atoms with van der Waals surface area (Å²) in [6.07, 6.45) is 4.62. The van der Waals surface area contributed by atoms with E-state index in [0.717, 1.165) is 24.4 Å². The van der Waals surface area contributed by atoms with Gasteiger partial charge in [0.1, 0.15) is 5.00 Å². The Balaban J connectivity index is 1.87. The molecule has 2 rings (SSSR count). The van der Waals surface area contributed by atoms with E-state index in [9.17, 15) is 14.4 Å². The van der Waals surface area contributed by atoms with Crippen LogP contribution in [0.4, 0.5) is 9.80 Å². The molecule has 0 radical (unpaired) electrons. The maximum Gasteiger partial charge on any atom is 0.326 e. The zero-order valence-corrected chi connectivity index (χ0v) is 12.1. The first-order valence-corrected chi connectivity index (χ1v) is 7.36. The number of carboxylic acids is 1. The summed E-state index contributed by atoms with van der Waals surface area (Å²) >= 11 is 0.997. The molecule has 1 saturated carbocycles. The van der Waals surface area contributed by atoms with Crippen molar-refractivity contribution in [2.24, 2.45) is 5.41 Å². The van der Waals surface area contributed by atoms with Crippen molar-refractivity contribution in [2.75, 3.05) is 5.32 Å². The third kappa shape index (κ3) is 4.48. The Bertz CT molecular complexity index is 525. The van der Waals surface area contributed by atoms with Crippen LogP contribution in [-0.4, -0.2) is 32.6 Å². The Hall–Kier alpha value is -2.03. The van der Waals surface area contributed by atoms with Gasteiger partial charge in [0.2, 0.25) is 5.91 Å². The van der Waals surface area contributed by atoms with Gasteiger partial charge >= 0.3 is 12.0 Å². The van der Waals surface area contributed by atoms with Gasteiger partial charge in [-0.1, -0.05) is 17.3 Å². The molecule has 0 aliphatic heterocycles. The van der Waals surface area contributed by atoms with Crippen molar-refractivity contribution in [1.29, 1.82) is 0 Å². The maximum atomic E-state index is 11.9. The molecule has 0 saturated heterocycles. The van der Waals surface area contributed by atoms with Crippen molar-refractivity contribution in [1.82, 2.24) is 14.9 Å². The number of carboxylic acid groups (broad SMARTS) is 1. The Labute approximate surface area is 125 Å². The Morgan fingerprint density at radius 1 is 1.29 bits per heavy atom. The number of hydrogen-bond donors (Lipinski definition) is 3. The molecular weight excluding hydrogens is 296 g/mol. The number of nitrogens with one attached hydrogen (secondary N) is 2. The van der Waals surface area contributed by atoms with Gasteiger partial charge < -0.3 is 5.11 Å². The summed E-state index contributed by atoms with van der Waals surface area (Å²) in [5, 5.41) is 17.6. The smallest absolute Gasteiger partial charge is 0.326 e. The summed E-state index contributed by atoms with van der Waals surface area (Å²) in [7, 11) is 0. The van der Waals surface area contributed by atoms with Crippen LogP contribution in [0.25, 0.3) is 0 Å². The topological polar surface area (TPSA) is 121 Å². The predicted molar refractivity (Wildman–Crippen MR) is 74.8 cm³/mol. The van der Waals surface area contributed by atoms with E-state index >= 15 is 0 Å². The van der Waals surface area contributed by atoms with E-state index in [1.54, 1.807) is 0 Å². The van der Waals surface area contributed by atoms with Gasteiger partial charge in [-0.2, -0.15) is 0 Å². The van der Waals surface area contributed by atoms with Crippen molar-refractivity contribution in [3.05, 3.63) is 6.20 Å². The van der Waals surface area contributed by atoms with Gasteiger partial charge in [0.15, 0.2) is 0 Å². The number of aliphatic carboxylic acids is 1. The third-order valence-corrected chi connectivity index (χ3v) is 4.16. The van der Waals surface area contributed by atoms with E-state index in [1.165, 1.54) is 6.20 Å². The van der Waals surface area contributed by atoms with Crippen LogP contribution in [0.2, 0.25) is 0 Å². The number of aromatic nitrogens is 2. The van der Waals surface area contributed by atoms with E-state index < -0.39 is 23.3 Å². The first kappa shape index (κ1) is 15.4. The molecule has 1 aromatic heterocycles. The molecule has 1 fully saturated rings. The third-order valence-electron chi connectivity index (χ3n) is 3.58. The standard InChI is InChI=1S/C12H16N4O4S/c17-8(14-11(20)15-9-7-13-16-21-9)5-12(6-10(18)19)3-1-2-4-12/h7H,1-6H2,(H,18,19)(H2,14,15,17,20). The minimum Gasteiger partial charge on any atom is -0.481 e. The quantitative estimate of drug-likeness (QED) is 0.759. The van der Waals surface area contributed by atoms with E-state index in [1.807, 2.05) is 0 Å². The van der Waals surface area contributed by atoms with Crippen molar-refractivity contribution in [2.45, 2.75) is 38.5 Å². The number of amides is 3. The second-order valence-electron chi connectivity index (χ2n) is 5.24. The van der Waals surface area contributed by atoms with Gasteiger partial charge in [-0.15, -0.1) is 5.10 Å². The molecule has 3 amide bonds. The molecule has 0 unspecified atom stereocenters. The number of anilines is 1. The average Bonchev–Trinajstić information content (AvgIpc) is 3.00. The monoisotopic (exact) mass is 312 g/mol. The minimum atomic E-state index is -0.912. The lowest BCUT2D eigenvalue weighted by Gasteiger charge is -2.26. The van der Waals surface area contributed by atoms with Crippen LogP contribution in [0.1, 0.15) is 38.5 Å². The van der Waals surface area contributed by atoms with Crippen LogP contribution in [0.3, 0.4) is 0 Å². The van der Waals surface area contributed by atoms with Gasteiger partial charge in [0.25, 0.3) is 0 Å². The van der Waals surface area contributed by atoms with Gasteiger partial charge in [0, 0.05) is 18.0 Å².